The van der Waals surface area contributed by atoms with Gasteiger partial charge in [0.05, 0.1) is 0 Å². The first kappa shape index (κ1) is 13.7. The molecule has 1 heterocycles. The summed E-state index contributed by atoms with van der Waals surface area (Å²) < 4.78 is 0. The van der Waals surface area contributed by atoms with Crippen LogP contribution < -0.4 is 16.6 Å². The van der Waals surface area contributed by atoms with Gasteiger partial charge in [-0.15, -0.1) is 0 Å². The predicted molar refractivity (Wildman–Crippen MR) is 71.8 cm³/mol. The summed E-state index contributed by atoms with van der Waals surface area (Å²) in [4.78, 5) is 8.57. The van der Waals surface area contributed by atoms with Gasteiger partial charge in [-0.1, -0.05) is 20.8 Å². The summed E-state index contributed by atoms with van der Waals surface area (Å²) in [7, 11) is 0. The van der Waals surface area contributed by atoms with Crippen LogP contribution in [0, 0.1) is 6.92 Å². The monoisotopic (exact) mass is 237 g/mol. The van der Waals surface area contributed by atoms with Crippen LogP contribution in [0.15, 0.2) is 6.07 Å². The van der Waals surface area contributed by atoms with Crippen molar-refractivity contribution in [2.45, 2.75) is 52.5 Å². The van der Waals surface area contributed by atoms with E-state index in [0.29, 0.717) is 11.6 Å². The molecule has 0 fully saturated rings. The topological polar surface area (TPSA) is 75.9 Å². The fourth-order valence-electron chi connectivity index (χ4n) is 1.99. The molecule has 0 unspecified atom stereocenters. The molecule has 0 aliphatic heterocycles. The maximum Gasteiger partial charge on any atom is 0.145 e. The van der Waals surface area contributed by atoms with E-state index in [-0.39, 0.29) is 5.54 Å². The Hall–Kier alpha value is -1.36. The second kappa shape index (κ2) is 5.82. The number of aromatic nitrogens is 2. The third kappa shape index (κ3) is 3.30. The molecule has 1 aromatic heterocycles. The highest BCUT2D eigenvalue weighted by Gasteiger charge is 2.24. The Kier molecular flexibility index (Phi) is 4.69. The largest absolute Gasteiger partial charge is 0.364 e. The van der Waals surface area contributed by atoms with Gasteiger partial charge in [0.1, 0.15) is 17.5 Å². The lowest BCUT2D eigenvalue weighted by Crippen LogP contribution is -2.36. The third-order valence-corrected chi connectivity index (χ3v) is 3.41. The summed E-state index contributed by atoms with van der Waals surface area (Å²) in [5.41, 5.74) is 2.66. The molecular weight excluding hydrogens is 214 g/mol. The SMILES string of the molecule is CCC(CC)(CC)Nc1cc(NN)nc(C)n1. The van der Waals surface area contributed by atoms with E-state index in [2.05, 4.69) is 41.5 Å². The van der Waals surface area contributed by atoms with Crippen molar-refractivity contribution >= 4 is 11.6 Å². The molecule has 5 heteroatoms. The van der Waals surface area contributed by atoms with Crippen LogP contribution in [0.4, 0.5) is 11.6 Å². The highest BCUT2D eigenvalue weighted by molar-refractivity contribution is 5.48. The molecular formula is C12H23N5. The summed E-state index contributed by atoms with van der Waals surface area (Å²) in [5, 5.41) is 3.51. The summed E-state index contributed by atoms with van der Waals surface area (Å²) in [5.74, 6) is 7.56. The fraction of sp³-hybridized carbons (Fsp3) is 0.667. The smallest absolute Gasteiger partial charge is 0.145 e. The van der Waals surface area contributed by atoms with Crippen molar-refractivity contribution in [3.8, 4) is 0 Å². The number of nitrogens with one attached hydrogen (secondary N) is 2. The van der Waals surface area contributed by atoms with E-state index in [0.717, 1.165) is 25.1 Å². The molecule has 5 nitrogen and oxygen atoms in total. The molecule has 0 atom stereocenters. The summed E-state index contributed by atoms with van der Waals surface area (Å²) in [6, 6.07) is 1.84. The second-order valence-electron chi connectivity index (χ2n) is 4.30. The number of anilines is 2. The first-order chi connectivity index (χ1) is 8.09. The maximum atomic E-state index is 5.38. The number of nitrogens with two attached hydrogens (primary N) is 1. The number of nitrogen functional groups attached to an aromatic ring is 1. The van der Waals surface area contributed by atoms with Gasteiger partial charge < -0.3 is 10.7 Å². The highest BCUT2D eigenvalue weighted by Crippen LogP contribution is 2.25. The number of aryl methyl sites for hydroxylation is 1. The lowest BCUT2D eigenvalue weighted by atomic mass is 9.90. The number of nitrogens with zero attached hydrogens (tertiary/aromatic N) is 2. The van der Waals surface area contributed by atoms with Gasteiger partial charge in [0.25, 0.3) is 0 Å². The Balaban J connectivity index is 2.96. The normalized spacial score (nSPS) is 11.4. The molecule has 0 amide bonds. The minimum atomic E-state index is 0.104. The molecule has 4 N–H and O–H groups in total. The van der Waals surface area contributed by atoms with Crippen molar-refractivity contribution in [1.29, 1.82) is 0 Å². The molecule has 0 aliphatic carbocycles. The number of hydrogen-bond acceptors (Lipinski definition) is 5. The zero-order valence-corrected chi connectivity index (χ0v) is 11.2. The van der Waals surface area contributed by atoms with Crippen molar-refractivity contribution < 1.29 is 0 Å². The third-order valence-electron chi connectivity index (χ3n) is 3.41. The van der Waals surface area contributed by atoms with Crippen LogP contribution in [0.1, 0.15) is 45.9 Å². The Labute approximate surface area is 103 Å². The summed E-state index contributed by atoms with van der Waals surface area (Å²) in [6.07, 6.45) is 3.19. The summed E-state index contributed by atoms with van der Waals surface area (Å²) in [6.45, 7) is 8.43. The molecule has 1 aromatic rings. The first-order valence-corrected chi connectivity index (χ1v) is 6.19. The molecule has 0 aromatic carbocycles. The van der Waals surface area contributed by atoms with Gasteiger partial charge in [-0.05, 0) is 26.2 Å². The van der Waals surface area contributed by atoms with Gasteiger partial charge in [-0.2, -0.15) is 0 Å². The van der Waals surface area contributed by atoms with Crippen molar-refractivity contribution in [3.63, 3.8) is 0 Å². The Morgan fingerprint density at radius 1 is 1.12 bits per heavy atom. The van der Waals surface area contributed by atoms with Crippen LogP contribution in [0.2, 0.25) is 0 Å². The Bertz CT molecular complexity index is 352. The van der Waals surface area contributed by atoms with Crippen molar-refractivity contribution in [2.75, 3.05) is 10.7 Å². The van der Waals surface area contributed by atoms with E-state index in [1.54, 1.807) is 0 Å². The van der Waals surface area contributed by atoms with Gasteiger partial charge in [0, 0.05) is 11.6 Å². The zero-order chi connectivity index (χ0) is 12.9. The minimum Gasteiger partial charge on any atom is -0.364 e. The zero-order valence-electron chi connectivity index (χ0n) is 11.2. The van der Waals surface area contributed by atoms with Gasteiger partial charge >= 0.3 is 0 Å². The quantitative estimate of drug-likeness (QED) is 0.523. The predicted octanol–water partition coefficient (Wildman–Crippen LogP) is 2.45. The fourth-order valence-corrected chi connectivity index (χ4v) is 1.99. The molecule has 0 bridgehead atoms. The standard InChI is InChI=1S/C12H23N5/c1-5-12(6-2,7-3)16-10-8-11(17-13)15-9(4)14-10/h8H,5-7,13H2,1-4H3,(H2,14,15,16,17). The van der Waals surface area contributed by atoms with Crippen molar-refractivity contribution in [1.82, 2.24) is 9.97 Å². The minimum absolute atomic E-state index is 0.104. The van der Waals surface area contributed by atoms with E-state index >= 15 is 0 Å². The number of hydrogen-bond donors (Lipinski definition) is 3. The molecule has 1 rings (SSSR count). The van der Waals surface area contributed by atoms with Crippen LogP contribution >= 0.6 is 0 Å². The average Bonchev–Trinajstić information content (AvgIpc) is 2.35. The lowest BCUT2D eigenvalue weighted by molar-refractivity contribution is 0.419. The molecule has 0 saturated carbocycles. The maximum absolute atomic E-state index is 5.38. The van der Waals surface area contributed by atoms with Crippen molar-refractivity contribution in [3.05, 3.63) is 11.9 Å². The van der Waals surface area contributed by atoms with E-state index < -0.39 is 0 Å². The van der Waals surface area contributed by atoms with Crippen LogP contribution in [0.5, 0.6) is 0 Å². The van der Waals surface area contributed by atoms with E-state index in [1.807, 2.05) is 13.0 Å². The molecule has 0 aliphatic rings. The summed E-state index contributed by atoms with van der Waals surface area (Å²) >= 11 is 0. The van der Waals surface area contributed by atoms with Crippen molar-refractivity contribution in [2.24, 2.45) is 5.84 Å². The van der Waals surface area contributed by atoms with Crippen LogP contribution in [-0.4, -0.2) is 15.5 Å². The first-order valence-electron chi connectivity index (χ1n) is 6.19. The van der Waals surface area contributed by atoms with Gasteiger partial charge in [-0.25, -0.2) is 15.8 Å². The molecule has 17 heavy (non-hydrogen) atoms. The van der Waals surface area contributed by atoms with Gasteiger partial charge in [0.2, 0.25) is 0 Å². The Morgan fingerprint density at radius 3 is 2.12 bits per heavy atom. The number of hydrazine groups is 1. The van der Waals surface area contributed by atoms with E-state index in [9.17, 15) is 0 Å². The Morgan fingerprint density at radius 2 is 1.65 bits per heavy atom. The molecule has 0 radical (unpaired) electrons. The van der Waals surface area contributed by atoms with E-state index in [1.165, 1.54) is 0 Å². The molecule has 0 spiro atoms. The molecule has 0 saturated heterocycles. The van der Waals surface area contributed by atoms with Gasteiger partial charge in [-0.3, -0.25) is 0 Å². The van der Waals surface area contributed by atoms with Gasteiger partial charge in [0.15, 0.2) is 0 Å². The van der Waals surface area contributed by atoms with Crippen LogP contribution in [-0.2, 0) is 0 Å². The van der Waals surface area contributed by atoms with Crippen LogP contribution in [0.3, 0.4) is 0 Å². The average molecular weight is 237 g/mol. The van der Waals surface area contributed by atoms with E-state index in [4.69, 9.17) is 5.84 Å². The number of rotatable bonds is 6. The molecule has 96 valence electrons. The van der Waals surface area contributed by atoms with Crippen LogP contribution in [0.25, 0.3) is 0 Å². The lowest BCUT2D eigenvalue weighted by Gasteiger charge is -2.32. The second-order valence-corrected chi connectivity index (χ2v) is 4.30. The highest BCUT2D eigenvalue weighted by atomic mass is 15.3.